The molecule has 1 amide bonds. The maximum Gasteiger partial charge on any atom is 0.272 e. The normalized spacial score (nSPS) is 23.8. The molecule has 23 heavy (non-hydrogen) atoms. The molecule has 2 aromatic rings. The van der Waals surface area contributed by atoms with Crippen LogP contribution in [0.25, 0.3) is 0 Å². The van der Waals surface area contributed by atoms with E-state index in [9.17, 15) is 4.79 Å². The highest BCUT2D eigenvalue weighted by atomic mass is 16.5. The highest BCUT2D eigenvalue weighted by Gasteiger charge is 2.52. The lowest BCUT2D eigenvalue weighted by Crippen LogP contribution is -2.57. The third kappa shape index (κ3) is 1.80. The van der Waals surface area contributed by atoms with E-state index >= 15 is 0 Å². The molecule has 1 atom stereocenters. The molecule has 0 N–H and O–H groups in total. The predicted octanol–water partition coefficient (Wildman–Crippen LogP) is 2.06. The van der Waals surface area contributed by atoms with E-state index in [-0.39, 0.29) is 5.91 Å². The van der Waals surface area contributed by atoms with Gasteiger partial charge in [-0.1, -0.05) is 12.1 Å². The van der Waals surface area contributed by atoms with Gasteiger partial charge in [-0.25, -0.2) is 0 Å². The van der Waals surface area contributed by atoms with E-state index < -0.39 is 5.66 Å². The lowest BCUT2D eigenvalue weighted by atomic mass is 9.94. The number of hydrogen-bond acceptors (Lipinski definition) is 3. The van der Waals surface area contributed by atoms with Crippen LogP contribution in [0, 0.1) is 6.92 Å². The Bertz CT molecular complexity index is 765. The van der Waals surface area contributed by atoms with Crippen LogP contribution < -0.4 is 4.74 Å². The Morgan fingerprint density at radius 3 is 2.52 bits per heavy atom. The SMILES string of the molecule is COc1ccc(C23Cn4c(C)ccc4C(=O)N2CCN3C)cc1. The van der Waals surface area contributed by atoms with Crippen molar-refractivity contribution in [3.05, 3.63) is 53.3 Å². The highest BCUT2D eigenvalue weighted by molar-refractivity contribution is 5.94. The first kappa shape index (κ1) is 14.3. The Labute approximate surface area is 136 Å². The summed E-state index contributed by atoms with van der Waals surface area (Å²) in [6, 6.07) is 12.1. The van der Waals surface area contributed by atoms with Gasteiger partial charge in [-0.05, 0) is 43.8 Å². The summed E-state index contributed by atoms with van der Waals surface area (Å²) in [6.07, 6.45) is 0. The zero-order valence-electron chi connectivity index (χ0n) is 13.7. The first-order valence-corrected chi connectivity index (χ1v) is 7.92. The van der Waals surface area contributed by atoms with Gasteiger partial charge in [-0.3, -0.25) is 9.69 Å². The van der Waals surface area contributed by atoms with Crippen molar-refractivity contribution in [3.63, 3.8) is 0 Å². The third-order valence-corrected chi connectivity index (χ3v) is 5.33. The van der Waals surface area contributed by atoms with Crippen molar-refractivity contribution in [2.45, 2.75) is 19.1 Å². The van der Waals surface area contributed by atoms with Crippen LogP contribution in [0.15, 0.2) is 36.4 Å². The zero-order chi connectivity index (χ0) is 16.2. The lowest BCUT2D eigenvalue weighted by molar-refractivity contribution is -0.00170. The van der Waals surface area contributed by atoms with Crippen LogP contribution in [0.1, 0.15) is 21.7 Å². The molecular weight excluding hydrogens is 290 g/mol. The number of hydrogen-bond donors (Lipinski definition) is 0. The number of rotatable bonds is 2. The Morgan fingerprint density at radius 2 is 1.83 bits per heavy atom. The molecule has 5 nitrogen and oxygen atoms in total. The maximum atomic E-state index is 13.0. The Balaban J connectivity index is 1.89. The first-order chi connectivity index (χ1) is 11.1. The van der Waals surface area contributed by atoms with Crippen molar-refractivity contribution in [1.82, 2.24) is 14.4 Å². The standard InChI is InChI=1S/C18H21N3O2/c1-13-4-9-16-17(22)21-11-10-19(2)18(21,12-20(13)16)14-5-7-15(23-3)8-6-14/h4-9H,10-12H2,1-3H3. The molecule has 1 fully saturated rings. The van der Waals surface area contributed by atoms with Crippen molar-refractivity contribution in [3.8, 4) is 5.75 Å². The number of carbonyl (C=O) groups is 1. The van der Waals surface area contributed by atoms with Gasteiger partial charge in [0.2, 0.25) is 0 Å². The molecule has 0 saturated carbocycles. The molecule has 120 valence electrons. The van der Waals surface area contributed by atoms with Gasteiger partial charge in [0.1, 0.15) is 17.1 Å². The average molecular weight is 311 g/mol. The number of methoxy groups -OCH3 is 1. The van der Waals surface area contributed by atoms with Gasteiger partial charge in [0, 0.05) is 18.8 Å². The van der Waals surface area contributed by atoms with Gasteiger partial charge in [0.05, 0.1) is 13.7 Å². The number of aromatic nitrogens is 1. The summed E-state index contributed by atoms with van der Waals surface area (Å²) in [5.74, 6) is 0.946. The smallest absolute Gasteiger partial charge is 0.272 e. The van der Waals surface area contributed by atoms with Crippen LogP contribution in [-0.4, -0.2) is 47.5 Å². The second kappa shape index (κ2) is 4.86. The topological polar surface area (TPSA) is 37.7 Å². The van der Waals surface area contributed by atoms with Gasteiger partial charge < -0.3 is 14.2 Å². The number of benzene rings is 1. The first-order valence-electron chi connectivity index (χ1n) is 7.92. The number of nitrogens with zero attached hydrogens (tertiary/aromatic N) is 3. The van der Waals surface area contributed by atoms with Crippen LogP contribution in [0.2, 0.25) is 0 Å². The zero-order valence-corrected chi connectivity index (χ0v) is 13.7. The molecule has 0 radical (unpaired) electrons. The summed E-state index contributed by atoms with van der Waals surface area (Å²) in [7, 11) is 3.77. The number of aryl methyl sites for hydroxylation is 1. The van der Waals surface area contributed by atoms with E-state index in [1.54, 1.807) is 7.11 Å². The summed E-state index contributed by atoms with van der Waals surface area (Å²) in [5.41, 5.74) is 2.63. The fraction of sp³-hybridized carbons (Fsp3) is 0.389. The molecule has 1 saturated heterocycles. The minimum atomic E-state index is -0.417. The highest BCUT2D eigenvalue weighted by Crippen LogP contribution is 2.42. The van der Waals surface area contributed by atoms with Crippen LogP contribution >= 0.6 is 0 Å². The second-order valence-electron chi connectivity index (χ2n) is 6.37. The van der Waals surface area contributed by atoms with Gasteiger partial charge in [-0.2, -0.15) is 0 Å². The molecule has 1 unspecified atom stereocenters. The quantitative estimate of drug-likeness (QED) is 0.852. The molecule has 5 heteroatoms. The fourth-order valence-electron chi connectivity index (χ4n) is 3.95. The van der Waals surface area contributed by atoms with E-state index in [4.69, 9.17) is 4.74 Å². The van der Waals surface area contributed by atoms with Crippen molar-refractivity contribution in [2.24, 2.45) is 0 Å². The Morgan fingerprint density at radius 1 is 1.09 bits per heavy atom. The van der Waals surface area contributed by atoms with Crippen molar-refractivity contribution in [2.75, 3.05) is 27.2 Å². The molecule has 0 bridgehead atoms. The molecule has 2 aliphatic heterocycles. The molecule has 2 aliphatic rings. The Hall–Kier alpha value is -2.27. The molecule has 1 aromatic carbocycles. The predicted molar refractivity (Wildman–Crippen MR) is 87.5 cm³/mol. The van der Waals surface area contributed by atoms with Crippen LogP contribution in [0.4, 0.5) is 0 Å². The minimum Gasteiger partial charge on any atom is -0.497 e. The average Bonchev–Trinajstić information content (AvgIpc) is 3.10. The van der Waals surface area contributed by atoms with E-state index in [0.717, 1.165) is 42.3 Å². The lowest BCUT2D eigenvalue weighted by Gasteiger charge is -2.46. The Kier molecular flexibility index (Phi) is 3.03. The number of amides is 1. The number of fused-ring (bicyclic) bond motifs is 2. The van der Waals surface area contributed by atoms with E-state index in [1.807, 2.05) is 29.2 Å². The van der Waals surface area contributed by atoms with Crippen molar-refractivity contribution >= 4 is 5.91 Å². The van der Waals surface area contributed by atoms with Crippen molar-refractivity contribution in [1.29, 1.82) is 0 Å². The summed E-state index contributed by atoms with van der Waals surface area (Å²) in [6.45, 7) is 4.45. The van der Waals surface area contributed by atoms with E-state index in [2.05, 4.69) is 35.6 Å². The fourth-order valence-corrected chi connectivity index (χ4v) is 3.95. The number of carbonyl (C=O) groups excluding carboxylic acids is 1. The second-order valence-corrected chi connectivity index (χ2v) is 6.37. The van der Waals surface area contributed by atoms with Crippen LogP contribution in [0.3, 0.4) is 0 Å². The van der Waals surface area contributed by atoms with Crippen LogP contribution in [0.5, 0.6) is 5.75 Å². The van der Waals surface area contributed by atoms with Crippen LogP contribution in [-0.2, 0) is 12.2 Å². The summed E-state index contributed by atoms with van der Waals surface area (Å²) >= 11 is 0. The van der Waals surface area contributed by atoms with E-state index in [0.29, 0.717) is 0 Å². The summed E-state index contributed by atoms with van der Waals surface area (Å²) in [5, 5.41) is 0. The maximum absolute atomic E-state index is 13.0. The summed E-state index contributed by atoms with van der Waals surface area (Å²) < 4.78 is 7.42. The van der Waals surface area contributed by atoms with Gasteiger partial charge in [0.25, 0.3) is 5.91 Å². The number of ether oxygens (including phenoxy) is 1. The van der Waals surface area contributed by atoms with E-state index in [1.165, 1.54) is 0 Å². The minimum absolute atomic E-state index is 0.115. The number of likely N-dealkylation sites (N-methyl/N-ethyl adjacent to an activating group) is 1. The molecule has 0 aliphatic carbocycles. The third-order valence-electron chi connectivity index (χ3n) is 5.33. The van der Waals surface area contributed by atoms with Gasteiger partial charge >= 0.3 is 0 Å². The summed E-state index contributed by atoms with van der Waals surface area (Å²) in [4.78, 5) is 17.3. The monoisotopic (exact) mass is 311 g/mol. The van der Waals surface area contributed by atoms with Gasteiger partial charge in [-0.15, -0.1) is 0 Å². The van der Waals surface area contributed by atoms with Crippen molar-refractivity contribution < 1.29 is 9.53 Å². The molecule has 0 spiro atoms. The molecule has 3 heterocycles. The molecule has 4 rings (SSSR count). The van der Waals surface area contributed by atoms with Gasteiger partial charge in [0.15, 0.2) is 0 Å². The molecule has 1 aromatic heterocycles. The largest absolute Gasteiger partial charge is 0.497 e. The molecular formula is C18H21N3O2.